The summed E-state index contributed by atoms with van der Waals surface area (Å²) in [5, 5.41) is 0. The summed E-state index contributed by atoms with van der Waals surface area (Å²) >= 11 is 0. The van der Waals surface area contributed by atoms with Crippen molar-refractivity contribution in [1.82, 2.24) is 0 Å². The molecule has 0 radical (unpaired) electrons. The number of hydrogen-bond donors (Lipinski definition) is 0. The Balaban J connectivity index is 2.13. The molecule has 3 nitrogen and oxygen atoms in total. The first kappa shape index (κ1) is 11.5. The third-order valence-electron chi connectivity index (χ3n) is 2.83. The smallest absolute Gasteiger partial charge is 0.332 e. The highest BCUT2D eigenvalue weighted by molar-refractivity contribution is 5.70. The average Bonchev–Trinajstić information content (AvgIpc) is 2.67. The normalized spacial score (nSPS) is 19.6. The van der Waals surface area contributed by atoms with Gasteiger partial charge in [0.05, 0.1) is 12.7 Å². The van der Waals surface area contributed by atoms with Crippen LogP contribution in [0.3, 0.4) is 0 Å². The van der Waals surface area contributed by atoms with Gasteiger partial charge in [-0.3, -0.25) is 0 Å². The van der Waals surface area contributed by atoms with E-state index in [1.807, 2.05) is 0 Å². The van der Waals surface area contributed by atoms with Crippen LogP contribution in [-0.4, -0.2) is 25.3 Å². The Morgan fingerprint density at radius 1 is 1.43 bits per heavy atom. The minimum absolute atomic E-state index is 0.103. The average molecular weight is 200 g/mol. The highest BCUT2D eigenvalue weighted by atomic mass is 16.6. The zero-order chi connectivity index (χ0) is 10.4. The van der Waals surface area contributed by atoms with Crippen molar-refractivity contribution < 1.29 is 14.3 Å². The van der Waals surface area contributed by atoms with Gasteiger partial charge in [-0.1, -0.05) is 12.8 Å². The van der Waals surface area contributed by atoms with E-state index in [9.17, 15) is 4.79 Å². The fourth-order valence-corrected chi connectivity index (χ4v) is 1.97. The second-order valence-electron chi connectivity index (χ2n) is 3.87. The molecule has 1 saturated carbocycles. The third kappa shape index (κ3) is 3.66. The van der Waals surface area contributed by atoms with E-state index in [1.54, 1.807) is 6.92 Å². The van der Waals surface area contributed by atoms with Crippen molar-refractivity contribution in [2.75, 3.05) is 13.2 Å². The van der Waals surface area contributed by atoms with Crippen molar-refractivity contribution in [3.8, 4) is 0 Å². The molecular weight excluding hydrogens is 180 g/mol. The molecule has 0 aliphatic heterocycles. The summed E-state index contributed by atoms with van der Waals surface area (Å²) in [5.74, 6) is 0.391. The molecule has 0 aromatic carbocycles. The Morgan fingerprint density at radius 2 is 2.07 bits per heavy atom. The minimum Gasteiger partial charge on any atom is -0.464 e. The second kappa shape index (κ2) is 6.02. The summed E-state index contributed by atoms with van der Waals surface area (Å²) in [6.45, 7) is 4.39. The molecule has 0 bridgehead atoms. The van der Waals surface area contributed by atoms with Crippen molar-refractivity contribution in [2.45, 2.75) is 45.6 Å². The van der Waals surface area contributed by atoms with Gasteiger partial charge in [-0.15, -0.1) is 0 Å². The van der Waals surface area contributed by atoms with Crippen LogP contribution in [0.1, 0.15) is 39.5 Å². The second-order valence-corrected chi connectivity index (χ2v) is 3.87. The molecule has 0 aromatic rings. The van der Waals surface area contributed by atoms with Crippen molar-refractivity contribution >= 4 is 5.97 Å². The lowest BCUT2D eigenvalue weighted by Crippen LogP contribution is -2.23. The van der Waals surface area contributed by atoms with Crippen LogP contribution in [0.25, 0.3) is 0 Å². The first-order valence-corrected chi connectivity index (χ1v) is 5.51. The van der Waals surface area contributed by atoms with Crippen LogP contribution in [0, 0.1) is 5.92 Å². The molecule has 1 atom stereocenters. The number of esters is 1. The van der Waals surface area contributed by atoms with Crippen LogP contribution < -0.4 is 0 Å². The molecule has 0 saturated heterocycles. The lowest BCUT2D eigenvalue weighted by Gasteiger charge is -2.18. The van der Waals surface area contributed by atoms with E-state index in [0.717, 1.165) is 0 Å². The fourth-order valence-electron chi connectivity index (χ4n) is 1.97. The van der Waals surface area contributed by atoms with Crippen LogP contribution in [-0.2, 0) is 14.3 Å². The highest BCUT2D eigenvalue weighted by Crippen LogP contribution is 2.28. The van der Waals surface area contributed by atoms with Gasteiger partial charge in [0, 0.05) is 0 Å². The monoisotopic (exact) mass is 200 g/mol. The van der Waals surface area contributed by atoms with E-state index in [2.05, 4.69) is 6.92 Å². The summed E-state index contributed by atoms with van der Waals surface area (Å²) in [6, 6.07) is 0. The van der Waals surface area contributed by atoms with Crippen molar-refractivity contribution in [3.63, 3.8) is 0 Å². The predicted molar refractivity (Wildman–Crippen MR) is 54.0 cm³/mol. The largest absolute Gasteiger partial charge is 0.464 e. The van der Waals surface area contributed by atoms with E-state index < -0.39 is 0 Å². The quantitative estimate of drug-likeness (QED) is 0.638. The van der Waals surface area contributed by atoms with Gasteiger partial charge in [0.25, 0.3) is 0 Å². The zero-order valence-corrected chi connectivity index (χ0v) is 9.12. The maximum absolute atomic E-state index is 11.0. The zero-order valence-electron chi connectivity index (χ0n) is 9.12. The Labute approximate surface area is 85.8 Å². The molecule has 1 fully saturated rings. The van der Waals surface area contributed by atoms with E-state index >= 15 is 0 Å². The Morgan fingerprint density at radius 3 is 2.64 bits per heavy atom. The number of hydrogen-bond acceptors (Lipinski definition) is 3. The number of ether oxygens (including phenoxy) is 2. The molecule has 0 N–H and O–H groups in total. The van der Waals surface area contributed by atoms with Gasteiger partial charge >= 0.3 is 5.97 Å². The lowest BCUT2D eigenvalue weighted by molar-refractivity contribution is -0.151. The number of carbonyl (C=O) groups is 1. The van der Waals surface area contributed by atoms with Gasteiger partial charge in [-0.2, -0.15) is 0 Å². The lowest BCUT2D eigenvalue weighted by atomic mass is 10.0. The summed E-state index contributed by atoms with van der Waals surface area (Å²) in [5.41, 5.74) is 0. The Bertz CT molecular complexity index is 173. The van der Waals surface area contributed by atoms with Gasteiger partial charge in [-0.25, -0.2) is 4.79 Å². The van der Waals surface area contributed by atoms with Gasteiger partial charge < -0.3 is 9.47 Å². The van der Waals surface area contributed by atoms with Crippen LogP contribution in [0.4, 0.5) is 0 Å². The summed E-state index contributed by atoms with van der Waals surface area (Å²) in [4.78, 5) is 11.0. The molecule has 0 amide bonds. The molecule has 14 heavy (non-hydrogen) atoms. The molecule has 0 spiro atoms. The van der Waals surface area contributed by atoms with Gasteiger partial charge in [-0.05, 0) is 32.6 Å². The first-order chi connectivity index (χ1) is 6.74. The van der Waals surface area contributed by atoms with Gasteiger partial charge in [0.15, 0.2) is 0 Å². The van der Waals surface area contributed by atoms with Crippen LogP contribution in [0.15, 0.2) is 0 Å². The van der Waals surface area contributed by atoms with Crippen molar-refractivity contribution in [1.29, 1.82) is 0 Å². The fraction of sp³-hybridized carbons (Fsp3) is 0.909. The maximum atomic E-state index is 11.0. The predicted octanol–water partition coefficient (Wildman–Crippen LogP) is 2.14. The topological polar surface area (TPSA) is 35.5 Å². The molecule has 1 aliphatic carbocycles. The Kier molecular flexibility index (Phi) is 4.94. The van der Waals surface area contributed by atoms with Gasteiger partial charge in [0.2, 0.25) is 0 Å². The summed E-state index contributed by atoms with van der Waals surface area (Å²) in [6.07, 6.45) is 5.28. The van der Waals surface area contributed by atoms with Crippen LogP contribution >= 0.6 is 0 Å². The molecule has 3 heteroatoms. The number of carbonyl (C=O) groups excluding carboxylic acids is 1. The van der Waals surface area contributed by atoms with E-state index in [1.165, 1.54) is 25.7 Å². The highest BCUT2D eigenvalue weighted by Gasteiger charge is 2.22. The summed E-state index contributed by atoms with van der Waals surface area (Å²) < 4.78 is 10.3. The Hall–Kier alpha value is -0.570. The minimum atomic E-state index is -0.252. The molecular formula is C11H20O3. The molecule has 1 rings (SSSR count). The summed E-state index contributed by atoms with van der Waals surface area (Å²) in [7, 11) is 0. The third-order valence-corrected chi connectivity index (χ3v) is 2.83. The standard InChI is InChI=1S/C11H20O3/c1-3-13-11(12)8-14-9(2)10-6-4-5-7-10/h9-10H,3-8H2,1-2H3/t9-/m0/s1. The van der Waals surface area contributed by atoms with E-state index in [4.69, 9.17) is 9.47 Å². The van der Waals surface area contributed by atoms with Gasteiger partial charge in [0.1, 0.15) is 6.61 Å². The van der Waals surface area contributed by atoms with Crippen molar-refractivity contribution in [3.05, 3.63) is 0 Å². The molecule has 1 aliphatic rings. The maximum Gasteiger partial charge on any atom is 0.332 e. The SMILES string of the molecule is CCOC(=O)CO[C@@H](C)C1CCCC1. The molecule has 0 unspecified atom stereocenters. The molecule has 0 heterocycles. The van der Waals surface area contributed by atoms with Crippen molar-refractivity contribution in [2.24, 2.45) is 5.92 Å². The molecule has 82 valence electrons. The first-order valence-electron chi connectivity index (χ1n) is 5.51. The van der Waals surface area contributed by atoms with Crippen LogP contribution in [0.5, 0.6) is 0 Å². The molecule has 0 aromatic heterocycles. The number of rotatable bonds is 5. The van der Waals surface area contributed by atoms with E-state index in [-0.39, 0.29) is 18.7 Å². The van der Waals surface area contributed by atoms with E-state index in [0.29, 0.717) is 12.5 Å². The van der Waals surface area contributed by atoms with Crippen LogP contribution in [0.2, 0.25) is 0 Å².